The number of hydrogen-bond donors (Lipinski definition) is 2. The highest BCUT2D eigenvalue weighted by Crippen LogP contribution is 2.34. The molecule has 0 bridgehead atoms. The van der Waals surface area contributed by atoms with Crippen molar-refractivity contribution in [3.8, 4) is 17.4 Å². The summed E-state index contributed by atoms with van der Waals surface area (Å²) in [5.74, 6) is 1.27. The molecule has 1 aliphatic rings. The molecule has 0 saturated heterocycles. The number of hydrogen-bond acceptors (Lipinski definition) is 7. The van der Waals surface area contributed by atoms with E-state index in [1.54, 1.807) is 31.4 Å². The van der Waals surface area contributed by atoms with Crippen LogP contribution in [0.2, 0.25) is 5.02 Å². The molecule has 0 saturated carbocycles. The lowest BCUT2D eigenvalue weighted by Gasteiger charge is -2.22. The van der Waals surface area contributed by atoms with Crippen molar-refractivity contribution >= 4 is 40.4 Å². The second-order valence-electron chi connectivity index (χ2n) is 7.95. The SMILES string of the molecule is C=CC(=O)Nc1cccc(Oc2nc(Nc3ccc(C4=CCN(C)CC4)cc3OC)ncc2Cl)c1. The molecule has 3 aromatic rings. The van der Waals surface area contributed by atoms with Gasteiger partial charge in [0, 0.05) is 24.8 Å². The minimum Gasteiger partial charge on any atom is -0.495 e. The number of carbonyl (C=O) groups excluding carboxylic acids is 1. The van der Waals surface area contributed by atoms with Crippen molar-refractivity contribution in [3.05, 3.63) is 78.0 Å². The van der Waals surface area contributed by atoms with Gasteiger partial charge in [0.15, 0.2) is 0 Å². The molecular weight excluding hydrogens is 466 g/mol. The Kier molecular flexibility index (Phi) is 7.64. The van der Waals surface area contributed by atoms with Crippen LogP contribution >= 0.6 is 11.6 Å². The summed E-state index contributed by atoms with van der Waals surface area (Å²) in [4.78, 5) is 22.5. The van der Waals surface area contributed by atoms with Gasteiger partial charge in [-0.15, -0.1) is 0 Å². The third-order valence-electron chi connectivity index (χ3n) is 5.44. The average Bonchev–Trinajstić information content (AvgIpc) is 2.87. The molecule has 0 radical (unpaired) electrons. The minimum absolute atomic E-state index is 0.170. The Bertz CT molecular complexity index is 1280. The van der Waals surface area contributed by atoms with Crippen LogP contribution in [0.25, 0.3) is 5.57 Å². The molecular formula is C26H26ClN5O3. The second-order valence-corrected chi connectivity index (χ2v) is 8.36. The fourth-order valence-corrected chi connectivity index (χ4v) is 3.70. The van der Waals surface area contributed by atoms with E-state index in [4.69, 9.17) is 21.1 Å². The predicted molar refractivity (Wildman–Crippen MR) is 139 cm³/mol. The first-order valence-electron chi connectivity index (χ1n) is 11.0. The van der Waals surface area contributed by atoms with Crippen molar-refractivity contribution in [2.45, 2.75) is 6.42 Å². The molecule has 1 aliphatic heterocycles. The van der Waals surface area contributed by atoms with Gasteiger partial charge in [-0.05, 0) is 54.9 Å². The zero-order valence-corrected chi connectivity index (χ0v) is 20.3. The van der Waals surface area contributed by atoms with Gasteiger partial charge in [0.2, 0.25) is 17.7 Å². The summed E-state index contributed by atoms with van der Waals surface area (Å²) in [6, 6.07) is 12.9. The van der Waals surface area contributed by atoms with E-state index in [9.17, 15) is 4.79 Å². The molecule has 180 valence electrons. The smallest absolute Gasteiger partial charge is 0.247 e. The summed E-state index contributed by atoms with van der Waals surface area (Å²) in [7, 11) is 3.74. The fourth-order valence-electron chi connectivity index (χ4n) is 3.57. The number of nitrogens with one attached hydrogen (secondary N) is 2. The molecule has 0 spiro atoms. The number of ether oxygens (including phenoxy) is 2. The Hall–Kier alpha value is -3.88. The Morgan fingerprint density at radius 3 is 2.86 bits per heavy atom. The van der Waals surface area contributed by atoms with E-state index in [0.29, 0.717) is 28.8 Å². The summed E-state index contributed by atoms with van der Waals surface area (Å²) >= 11 is 6.28. The molecule has 8 nitrogen and oxygen atoms in total. The molecule has 0 unspecified atom stereocenters. The van der Waals surface area contributed by atoms with Crippen molar-refractivity contribution < 1.29 is 14.3 Å². The van der Waals surface area contributed by atoms with E-state index in [1.165, 1.54) is 17.8 Å². The number of nitrogens with zero attached hydrogens (tertiary/aromatic N) is 3. The van der Waals surface area contributed by atoms with Gasteiger partial charge in [-0.3, -0.25) is 4.79 Å². The van der Waals surface area contributed by atoms with Crippen molar-refractivity contribution in [2.24, 2.45) is 0 Å². The Morgan fingerprint density at radius 2 is 2.11 bits per heavy atom. The van der Waals surface area contributed by atoms with Gasteiger partial charge in [0.25, 0.3) is 0 Å². The van der Waals surface area contributed by atoms with Crippen LogP contribution in [-0.4, -0.2) is 48.0 Å². The first kappa shape index (κ1) is 24.3. The van der Waals surface area contributed by atoms with E-state index in [-0.39, 0.29) is 16.8 Å². The largest absolute Gasteiger partial charge is 0.495 e. The third-order valence-corrected chi connectivity index (χ3v) is 5.70. The highest BCUT2D eigenvalue weighted by atomic mass is 35.5. The van der Waals surface area contributed by atoms with Gasteiger partial charge in [-0.1, -0.05) is 36.4 Å². The highest BCUT2D eigenvalue weighted by molar-refractivity contribution is 6.31. The maximum Gasteiger partial charge on any atom is 0.247 e. The number of carbonyl (C=O) groups is 1. The van der Waals surface area contributed by atoms with Crippen LogP contribution < -0.4 is 20.1 Å². The van der Waals surface area contributed by atoms with Crippen LogP contribution in [0, 0.1) is 0 Å². The zero-order chi connectivity index (χ0) is 24.8. The highest BCUT2D eigenvalue weighted by Gasteiger charge is 2.14. The van der Waals surface area contributed by atoms with Gasteiger partial charge in [-0.2, -0.15) is 4.98 Å². The number of anilines is 3. The molecule has 2 aromatic carbocycles. The molecule has 1 amide bonds. The summed E-state index contributed by atoms with van der Waals surface area (Å²) in [6.07, 6.45) is 5.89. The Morgan fingerprint density at radius 1 is 1.26 bits per heavy atom. The van der Waals surface area contributed by atoms with Gasteiger partial charge < -0.3 is 25.0 Å². The van der Waals surface area contributed by atoms with Crippen LogP contribution in [0.1, 0.15) is 12.0 Å². The number of aromatic nitrogens is 2. The average molecular weight is 492 g/mol. The summed E-state index contributed by atoms with van der Waals surface area (Å²) in [5.41, 5.74) is 3.70. The van der Waals surface area contributed by atoms with Crippen LogP contribution in [0.4, 0.5) is 17.3 Å². The lowest BCUT2D eigenvalue weighted by Crippen LogP contribution is -2.23. The fraction of sp³-hybridized carbons (Fsp3) is 0.192. The molecule has 35 heavy (non-hydrogen) atoms. The number of benzene rings is 2. The first-order valence-corrected chi connectivity index (χ1v) is 11.4. The maximum atomic E-state index is 11.6. The van der Waals surface area contributed by atoms with Crippen LogP contribution in [0.5, 0.6) is 17.4 Å². The molecule has 0 atom stereocenters. The van der Waals surface area contributed by atoms with Crippen molar-refractivity contribution in [1.82, 2.24) is 14.9 Å². The molecule has 0 aliphatic carbocycles. The van der Waals surface area contributed by atoms with Crippen molar-refractivity contribution in [2.75, 3.05) is 37.9 Å². The molecule has 4 rings (SSSR count). The van der Waals surface area contributed by atoms with Crippen LogP contribution in [0.15, 0.2) is 67.4 Å². The monoisotopic (exact) mass is 491 g/mol. The topological polar surface area (TPSA) is 88.6 Å². The number of halogens is 1. The predicted octanol–water partition coefficient (Wildman–Crippen LogP) is 5.52. The molecule has 0 fully saturated rings. The zero-order valence-electron chi connectivity index (χ0n) is 19.5. The Labute approximate surface area is 209 Å². The quantitative estimate of drug-likeness (QED) is 0.401. The van der Waals surface area contributed by atoms with E-state index in [0.717, 1.165) is 25.1 Å². The molecule has 2 heterocycles. The summed E-state index contributed by atoms with van der Waals surface area (Å²) < 4.78 is 11.5. The van der Waals surface area contributed by atoms with E-state index >= 15 is 0 Å². The molecule has 9 heteroatoms. The number of amides is 1. The Balaban J connectivity index is 1.53. The van der Waals surface area contributed by atoms with E-state index in [2.05, 4.69) is 51.3 Å². The van der Waals surface area contributed by atoms with Crippen molar-refractivity contribution in [1.29, 1.82) is 0 Å². The normalized spacial score (nSPS) is 13.5. The molecule has 2 N–H and O–H groups in total. The minimum atomic E-state index is -0.319. The third kappa shape index (κ3) is 6.17. The van der Waals surface area contributed by atoms with Crippen LogP contribution in [-0.2, 0) is 4.79 Å². The van der Waals surface area contributed by atoms with Crippen LogP contribution in [0.3, 0.4) is 0 Å². The first-order chi connectivity index (χ1) is 16.9. The molecule has 1 aromatic heterocycles. The van der Waals surface area contributed by atoms with Crippen molar-refractivity contribution in [3.63, 3.8) is 0 Å². The van der Waals surface area contributed by atoms with Gasteiger partial charge in [-0.25, -0.2) is 4.98 Å². The number of methoxy groups -OCH3 is 1. The maximum absolute atomic E-state index is 11.6. The standard InChI is InChI=1S/C26H26ClN5O3/c1-4-24(33)29-19-6-5-7-20(15-19)35-25-21(27)16-28-26(31-25)30-22-9-8-18(14-23(22)34-3)17-10-12-32(2)13-11-17/h4-10,14-16H,1,11-13H2,2-3H3,(H,29,33)(H,28,30,31). The summed E-state index contributed by atoms with van der Waals surface area (Å²) in [5, 5.41) is 6.10. The lowest BCUT2D eigenvalue weighted by molar-refractivity contribution is -0.111. The van der Waals surface area contributed by atoms with Gasteiger partial charge in [0.1, 0.15) is 16.5 Å². The number of rotatable bonds is 8. The lowest BCUT2D eigenvalue weighted by atomic mass is 9.99. The van der Waals surface area contributed by atoms with E-state index < -0.39 is 0 Å². The van der Waals surface area contributed by atoms with Gasteiger partial charge >= 0.3 is 0 Å². The number of likely N-dealkylation sites (N-methyl/N-ethyl adjacent to an activating group) is 1. The van der Waals surface area contributed by atoms with Gasteiger partial charge in [0.05, 0.1) is 19.0 Å². The second kappa shape index (κ2) is 11.0. The summed E-state index contributed by atoms with van der Waals surface area (Å²) in [6.45, 7) is 5.41. The van der Waals surface area contributed by atoms with E-state index in [1.807, 2.05) is 12.1 Å².